The van der Waals surface area contributed by atoms with Gasteiger partial charge in [0.25, 0.3) is 0 Å². The number of carbonyl (C=O) groups is 2. The van der Waals surface area contributed by atoms with Crippen molar-refractivity contribution in [3.8, 4) is 0 Å². The first kappa shape index (κ1) is 55.6. The zero-order chi connectivity index (χ0) is 43.8. The molecule has 1 aliphatic heterocycles. The summed E-state index contributed by atoms with van der Waals surface area (Å²) < 4.78 is 11.7. The highest BCUT2D eigenvalue weighted by Crippen LogP contribution is 2.27. The van der Waals surface area contributed by atoms with Crippen LogP contribution in [0.5, 0.6) is 0 Å². The summed E-state index contributed by atoms with van der Waals surface area (Å²) in [5, 5.41) is 70.4. The van der Waals surface area contributed by atoms with Crippen LogP contribution in [-0.2, 0) is 19.1 Å². The Balaban J connectivity index is 2.73. The zero-order valence-corrected chi connectivity index (χ0v) is 38.2. The lowest BCUT2D eigenvalue weighted by Gasteiger charge is -2.43. The van der Waals surface area contributed by atoms with E-state index in [2.05, 4.69) is 38.3 Å². The van der Waals surface area contributed by atoms with Crippen LogP contribution in [0.15, 0.2) is 0 Å². The molecule has 8 N–H and O–H groups in total. The monoisotopic (exact) mass is 845 g/mol. The lowest BCUT2D eigenvalue weighted by molar-refractivity contribution is -0.273. The molecule has 1 aliphatic rings. The Morgan fingerprint density at radius 2 is 1.08 bits per heavy atom. The van der Waals surface area contributed by atoms with E-state index in [-0.39, 0.29) is 18.3 Å². The average Bonchev–Trinajstić information content (AvgIpc) is 3.21. The average molecular weight is 845 g/mol. The third-order valence-electron chi connectivity index (χ3n) is 12.1. The molecule has 4 unspecified atom stereocenters. The predicted octanol–water partition coefficient (Wildman–Crippen LogP) is 7.36. The van der Waals surface area contributed by atoms with Gasteiger partial charge < -0.3 is 50.7 Å². The first-order valence-electron chi connectivity index (χ1n) is 24.2. The maximum atomic E-state index is 13.4. The summed E-state index contributed by atoms with van der Waals surface area (Å²) in [5.41, 5.74) is 0. The fraction of sp³-hybridized carbons (Fsp3) is 0.957. The molecule has 0 aromatic carbocycles. The number of amides is 2. The van der Waals surface area contributed by atoms with Crippen LogP contribution >= 0.6 is 0 Å². The van der Waals surface area contributed by atoms with Crippen molar-refractivity contribution in [2.45, 2.75) is 263 Å². The largest absolute Gasteiger partial charge is 0.394 e. The highest BCUT2D eigenvalue weighted by atomic mass is 16.7. The number of hydrogen-bond donors (Lipinski definition) is 8. The molecule has 12 heteroatoms. The van der Waals surface area contributed by atoms with E-state index in [1.165, 1.54) is 103 Å². The lowest BCUT2D eigenvalue weighted by atomic mass is 9.83. The molecule has 0 aliphatic carbocycles. The highest BCUT2D eigenvalue weighted by molar-refractivity contribution is 5.80. The molecule has 350 valence electrons. The van der Waals surface area contributed by atoms with Gasteiger partial charge in [-0.15, -0.1) is 0 Å². The van der Waals surface area contributed by atoms with Gasteiger partial charge in [-0.25, -0.2) is 0 Å². The topological polar surface area (TPSA) is 198 Å². The molecule has 1 fully saturated rings. The van der Waals surface area contributed by atoms with E-state index >= 15 is 0 Å². The van der Waals surface area contributed by atoms with E-state index in [1.807, 2.05) is 0 Å². The molecule has 1 rings (SSSR count). The molecule has 0 saturated carbocycles. The fourth-order valence-corrected chi connectivity index (χ4v) is 8.42. The minimum Gasteiger partial charge on any atom is -0.394 e. The standard InChI is InChI=1S/C47H92N2O10/c1-6-8-10-12-14-15-16-17-18-19-20-21-22-23-24-25-27-29-31-39(52)46(57)49-38(34-58-47-41(48-36(5)51)45(56)44(55)40(33-50)59-47)43(54)42(53)37(32-35(3)4)30-28-26-13-11-9-7-2/h35,37-45,47,50,52-56H,6-34H2,1-5H3,(H,48,51)(H,49,57)/t37?,38-,39+,40?,41?,42+,43-,44+,45?,47+/m0/s1. The maximum absolute atomic E-state index is 13.4. The molecule has 0 aromatic rings. The quantitative estimate of drug-likeness (QED) is 0.0291. The summed E-state index contributed by atoms with van der Waals surface area (Å²) in [7, 11) is 0. The van der Waals surface area contributed by atoms with Gasteiger partial charge in [0.2, 0.25) is 11.8 Å². The van der Waals surface area contributed by atoms with Crippen LogP contribution in [0.2, 0.25) is 0 Å². The lowest BCUT2D eigenvalue weighted by Crippen LogP contribution is -2.65. The molecule has 0 aromatic heterocycles. The summed E-state index contributed by atoms with van der Waals surface area (Å²) in [6.45, 7) is 8.75. The van der Waals surface area contributed by atoms with Crippen molar-refractivity contribution in [1.29, 1.82) is 0 Å². The van der Waals surface area contributed by atoms with Crippen LogP contribution < -0.4 is 10.6 Å². The number of rotatable bonds is 38. The second kappa shape index (κ2) is 35.1. The van der Waals surface area contributed by atoms with Crippen molar-refractivity contribution in [3.63, 3.8) is 0 Å². The van der Waals surface area contributed by atoms with Gasteiger partial charge in [-0.1, -0.05) is 182 Å². The number of carbonyl (C=O) groups excluding carboxylic acids is 2. The second-order valence-electron chi connectivity index (χ2n) is 18.1. The molecule has 0 radical (unpaired) electrons. The summed E-state index contributed by atoms with van der Waals surface area (Å²) in [6.07, 6.45) is 20.9. The Morgan fingerprint density at radius 3 is 1.51 bits per heavy atom. The summed E-state index contributed by atoms with van der Waals surface area (Å²) in [5.74, 6) is -1.22. The first-order chi connectivity index (χ1) is 28.4. The highest BCUT2D eigenvalue weighted by Gasteiger charge is 2.46. The van der Waals surface area contributed by atoms with Gasteiger partial charge >= 0.3 is 0 Å². The Kier molecular flexibility index (Phi) is 33.1. The third kappa shape index (κ3) is 25.4. The number of hydrogen-bond acceptors (Lipinski definition) is 10. The van der Waals surface area contributed by atoms with Gasteiger partial charge in [0, 0.05) is 6.92 Å². The molecule has 12 nitrogen and oxygen atoms in total. The van der Waals surface area contributed by atoms with E-state index in [0.29, 0.717) is 19.3 Å². The summed E-state index contributed by atoms with van der Waals surface area (Å²) in [4.78, 5) is 25.4. The zero-order valence-electron chi connectivity index (χ0n) is 38.2. The predicted molar refractivity (Wildman–Crippen MR) is 236 cm³/mol. The molecule has 0 bridgehead atoms. The molecule has 2 amide bonds. The van der Waals surface area contributed by atoms with Crippen LogP contribution in [0.1, 0.15) is 208 Å². The molecule has 10 atom stereocenters. The van der Waals surface area contributed by atoms with Crippen molar-refractivity contribution in [1.82, 2.24) is 10.6 Å². The normalized spacial score (nSPS) is 22.2. The van der Waals surface area contributed by atoms with Gasteiger partial charge in [0.1, 0.15) is 36.6 Å². The number of aliphatic hydroxyl groups is 6. The van der Waals surface area contributed by atoms with E-state index in [0.717, 1.165) is 51.4 Å². The minimum absolute atomic E-state index is 0.250. The van der Waals surface area contributed by atoms with E-state index in [9.17, 15) is 40.2 Å². The smallest absolute Gasteiger partial charge is 0.249 e. The Hall–Kier alpha value is -1.38. The Morgan fingerprint density at radius 1 is 0.644 bits per heavy atom. The fourth-order valence-electron chi connectivity index (χ4n) is 8.42. The minimum atomic E-state index is -1.54. The Labute approximate surface area is 359 Å². The molecular weight excluding hydrogens is 753 g/mol. The van der Waals surface area contributed by atoms with Gasteiger partial charge in [-0.3, -0.25) is 9.59 Å². The van der Waals surface area contributed by atoms with Gasteiger partial charge in [-0.05, 0) is 31.1 Å². The maximum Gasteiger partial charge on any atom is 0.249 e. The SMILES string of the molecule is CCCCCCCCCCCCCCCCCCCC[C@@H](O)C(=O)N[C@@H](CO[C@@H]1OC(CO)[C@@H](O)C(O)C1NC(C)=O)[C@H](O)[C@H](O)C(CCCCCCCC)CC(C)C. The van der Waals surface area contributed by atoms with Crippen molar-refractivity contribution >= 4 is 11.8 Å². The van der Waals surface area contributed by atoms with Crippen molar-refractivity contribution in [2.24, 2.45) is 11.8 Å². The van der Waals surface area contributed by atoms with E-state index in [4.69, 9.17) is 9.47 Å². The van der Waals surface area contributed by atoms with Crippen LogP contribution in [0, 0.1) is 11.8 Å². The van der Waals surface area contributed by atoms with E-state index < -0.39 is 80.0 Å². The summed E-state index contributed by atoms with van der Waals surface area (Å²) in [6, 6.07) is -2.41. The van der Waals surface area contributed by atoms with Crippen LogP contribution in [0.3, 0.4) is 0 Å². The number of nitrogens with one attached hydrogen (secondary N) is 2. The van der Waals surface area contributed by atoms with Gasteiger partial charge in [-0.2, -0.15) is 0 Å². The number of unbranched alkanes of at least 4 members (excludes halogenated alkanes) is 22. The summed E-state index contributed by atoms with van der Waals surface area (Å²) >= 11 is 0. The first-order valence-corrected chi connectivity index (χ1v) is 24.2. The van der Waals surface area contributed by atoms with Gasteiger partial charge in [0.05, 0.1) is 25.4 Å². The molecular formula is C47H92N2O10. The van der Waals surface area contributed by atoms with Crippen LogP contribution in [-0.4, -0.2) is 111 Å². The Bertz CT molecular complexity index is 1020. The molecule has 0 spiro atoms. The van der Waals surface area contributed by atoms with Gasteiger partial charge in [0.15, 0.2) is 6.29 Å². The van der Waals surface area contributed by atoms with Crippen molar-refractivity contribution in [2.75, 3.05) is 13.2 Å². The number of aliphatic hydroxyl groups excluding tert-OH is 6. The molecule has 1 saturated heterocycles. The van der Waals surface area contributed by atoms with Crippen molar-refractivity contribution < 1.29 is 49.7 Å². The second-order valence-corrected chi connectivity index (χ2v) is 18.1. The molecule has 59 heavy (non-hydrogen) atoms. The van der Waals surface area contributed by atoms with Crippen LogP contribution in [0.4, 0.5) is 0 Å². The van der Waals surface area contributed by atoms with E-state index in [1.54, 1.807) is 0 Å². The number of ether oxygens (including phenoxy) is 2. The third-order valence-corrected chi connectivity index (χ3v) is 12.1. The van der Waals surface area contributed by atoms with Crippen molar-refractivity contribution in [3.05, 3.63) is 0 Å². The molecule has 1 heterocycles. The van der Waals surface area contributed by atoms with Crippen LogP contribution in [0.25, 0.3) is 0 Å².